The number of aromatic nitrogens is 2. The van der Waals surface area contributed by atoms with Crippen LogP contribution in [0.3, 0.4) is 0 Å². The molecule has 0 aromatic carbocycles. The molecule has 0 aliphatic carbocycles. The molecule has 0 bridgehead atoms. The first-order chi connectivity index (χ1) is 9.74. The highest BCUT2D eigenvalue weighted by Gasteiger charge is 2.13. The lowest BCUT2D eigenvalue weighted by Gasteiger charge is -2.24. The van der Waals surface area contributed by atoms with E-state index in [1.165, 1.54) is 12.3 Å². The maximum absolute atomic E-state index is 13.3. The second-order valence-corrected chi connectivity index (χ2v) is 4.50. The molecule has 0 saturated carbocycles. The number of hydrogen-bond donors (Lipinski definition) is 1. The van der Waals surface area contributed by atoms with Gasteiger partial charge in [0.2, 0.25) is 0 Å². The van der Waals surface area contributed by atoms with E-state index in [2.05, 4.69) is 27.1 Å². The second kappa shape index (κ2) is 6.96. The molecule has 0 spiro atoms. The molecule has 4 nitrogen and oxygen atoms in total. The van der Waals surface area contributed by atoms with Gasteiger partial charge >= 0.3 is 0 Å². The van der Waals surface area contributed by atoms with Gasteiger partial charge in [-0.3, -0.25) is 4.98 Å². The zero-order valence-corrected chi connectivity index (χ0v) is 11.8. The summed E-state index contributed by atoms with van der Waals surface area (Å²) in [6, 6.07) is 7.36. The molecular formula is C15H19FN4. The van der Waals surface area contributed by atoms with Gasteiger partial charge in [-0.15, -0.1) is 0 Å². The van der Waals surface area contributed by atoms with Gasteiger partial charge in [0.1, 0.15) is 11.6 Å². The molecule has 1 N–H and O–H groups in total. The van der Waals surface area contributed by atoms with E-state index >= 15 is 0 Å². The maximum atomic E-state index is 13.3. The van der Waals surface area contributed by atoms with Crippen LogP contribution in [-0.4, -0.2) is 23.6 Å². The summed E-state index contributed by atoms with van der Waals surface area (Å²) >= 11 is 0. The van der Waals surface area contributed by atoms with Crippen LogP contribution in [0.2, 0.25) is 0 Å². The minimum atomic E-state index is -0.312. The molecule has 5 heteroatoms. The van der Waals surface area contributed by atoms with Crippen LogP contribution >= 0.6 is 0 Å². The van der Waals surface area contributed by atoms with Gasteiger partial charge in [0, 0.05) is 24.8 Å². The van der Waals surface area contributed by atoms with E-state index in [9.17, 15) is 4.39 Å². The molecule has 0 fully saturated rings. The van der Waals surface area contributed by atoms with E-state index in [1.807, 2.05) is 25.2 Å². The number of anilines is 1. The van der Waals surface area contributed by atoms with Crippen molar-refractivity contribution in [3.05, 3.63) is 53.7 Å². The Bertz CT molecular complexity index is 545. The van der Waals surface area contributed by atoms with E-state index in [0.29, 0.717) is 13.1 Å². The Kier molecular flexibility index (Phi) is 5.01. The molecule has 0 saturated heterocycles. The summed E-state index contributed by atoms with van der Waals surface area (Å²) in [5.74, 6) is 0.488. The van der Waals surface area contributed by atoms with Crippen LogP contribution in [0.4, 0.5) is 10.2 Å². The predicted octanol–water partition coefficient (Wildman–Crippen LogP) is 2.36. The lowest BCUT2D eigenvalue weighted by molar-refractivity contribution is 0.614. The Balaban J connectivity index is 2.27. The Morgan fingerprint density at radius 3 is 2.80 bits per heavy atom. The molecule has 0 aliphatic heterocycles. The van der Waals surface area contributed by atoms with Crippen LogP contribution in [0.5, 0.6) is 0 Å². The van der Waals surface area contributed by atoms with Crippen molar-refractivity contribution in [1.82, 2.24) is 15.3 Å². The van der Waals surface area contributed by atoms with E-state index in [4.69, 9.17) is 0 Å². The molecule has 0 unspecified atom stereocenters. The molecule has 2 rings (SSSR count). The Hall–Kier alpha value is -2.01. The zero-order chi connectivity index (χ0) is 14.4. The Morgan fingerprint density at radius 1 is 1.30 bits per heavy atom. The van der Waals surface area contributed by atoms with Crippen molar-refractivity contribution in [2.75, 3.05) is 18.5 Å². The summed E-state index contributed by atoms with van der Waals surface area (Å²) in [6.45, 7) is 4.08. The van der Waals surface area contributed by atoms with Crippen molar-refractivity contribution in [1.29, 1.82) is 0 Å². The van der Waals surface area contributed by atoms with E-state index in [1.54, 1.807) is 6.20 Å². The van der Waals surface area contributed by atoms with Gasteiger partial charge in [-0.25, -0.2) is 9.37 Å². The molecular weight excluding hydrogens is 255 g/mol. The van der Waals surface area contributed by atoms with Gasteiger partial charge in [-0.1, -0.05) is 6.07 Å². The SMILES string of the molecule is CCN(Cc1ccccn1)c1ncc(F)cc1CNC. The highest BCUT2D eigenvalue weighted by Crippen LogP contribution is 2.20. The third-order valence-electron chi connectivity index (χ3n) is 3.04. The number of hydrogen-bond acceptors (Lipinski definition) is 4. The van der Waals surface area contributed by atoms with Crippen molar-refractivity contribution >= 4 is 5.82 Å². The summed E-state index contributed by atoms with van der Waals surface area (Å²) in [4.78, 5) is 10.7. The van der Waals surface area contributed by atoms with Crippen LogP contribution in [0, 0.1) is 5.82 Å². The van der Waals surface area contributed by atoms with Crippen LogP contribution < -0.4 is 10.2 Å². The fourth-order valence-corrected chi connectivity index (χ4v) is 2.10. The van der Waals surface area contributed by atoms with Crippen LogP contribution in [0.25, 0.3) is 0 Å². The van der Waals surface area contributed by atoms with Gasteiger partial charge < -0.3 is 10.2 Å². The number of halogens is 1. The summed E-state index contributed by atoms with van der Waals surface area (Å²) in [6.07, 6.45) is 3.03. The highest BCUT2D eigenvalue weighted by atomic mass is 19.1. The summed E-state index contributed by atoms with van der Waals surface area (Å²) in [5, 5.41) is 3.05. The molecule has 20 heavy (non-hydrogen) atoms. The Morgan fingerprint density at radius 2 is 2.15 bits per heavy atom. The Labute approximate surface area is 118 Å². The topological polar surface area (TPSA) is 41.1 Å². The van der Waals surface area contributed by atoms with Crippen molar-refractivity contribution in [2.24, 2.45) is 0 Å². The van der Waals surface area contributed by atoms with Crippen LogP contribution in [-0.2, 0) is 13.1 Å². The maximum Gasteiger partial charge on any atom is 0.141 e. The predicted molar refractivity (Wildman–Crippen MR) is 77.9 cm³/mol. The molecule has 0 amide bonds. The number of nitrogens with zero attached hydrogens (tertiary/aromatic N) is 3. The number of nitrogens with one attached hydrogen (secondary N) is 1. The minimum Gasteiger partial charge on any atom is -0.351 e. The van der Waals surface area contributed by atoms with E-state index in [-0.39, 0.29) is 5.82 Å². The molecule has 0 radical (unpaired) electrons. The van der Waals surface area contributed by atoms with E-state index in [0.717, 1.165) is 23.6 Å². The summed E-state index contributed by atoms with van der Waals surface area (Å²) in [5.41, 5.74) is 1.82. The smallest absolute Gasteiger partial charge is 0.141 e. The molecule has 2 aromatic heterocycles. The molecule has 0 aliphatic rings. The van der Waals surface area contributed by atoms with Crippen molar-refractivity contribution < 1.29 is 4.39 Å². The second-order valence-electron chi connectivity index (χ2n) is 4.50. The lowest BCUT2D eigenvalue weighted by Crippen LogP contribution is -2.26. The van der Waals surface area contributed by atoms with Gasteiger partial charge in [0.05, 0.1) is 18.4 Å². The number of pyridine rings is 2. The quantitative estimate of drug-likeness (QED) is 0.878. The fourth-order valence-electron chi connectivity index (χ4n) is 2.10. The molecule has 2 heterocycles. The van der Waals surface area contributed by atoms with Gasteiger partial charge in [-0.05, 0) is 32.2 Å². The highest BCUT2D eigenvalue weighted by molar-refractivity contribution is 5.47. The minimum absolute atomic E-state index is 0.312. The first-order valence-electron chi connectivity index (χ1n) is 6.68. The van der Waals surface area contributed by atoms with Crippen molar-refractivity contribution in [3.63, 3.8) is 0 Å². The number of rotatable bonds is 6. The standard InChI is InChI=1S/C15H19FN4/c1-3-20(11-14-6-4-5-7-18-14)15-12(9-17-2)8-13(16)10-19-15/h4-8,10,17H,3,9,11H2,1-2H3. The van der Waals surface area contributed by atoms with Crippen LogP contribution in [0.15, 0.2) is 36.7 Å². The largest absolute Gasteiger partial charge is 0.351 e. The zero-order valence-electron chi connectivity index (χ0n) is 11.8. The van der Waals surface area contributed by atoms with E-state index < -0.39 is 0 Å². The van der Waals surface area contributed by atoms with Gasteiger partial charge in [-0.2, -0.15) is 0 Å². The summed E-state index contributed by atoms with van der Waals surface area (Å²) in [7, 11) is 1.84. The summed E-state index contributed by atoms with van der Waals surface area (Å²) < 4.78 is 13.3. The fraction of sp³-hybridized carbons (Fsp3) is 0.333. The molecule has 2 aromatic rings. The normalized spacial score (nSPS) is 10.6. The lowest BCUT2D eigenvalue weighted by atomic mass is 10.2. The first-order valence-corrected chi connectivity index (χ1v) is 6.68. The molecule has 106 valence electrons. The average molecular weight is 274 g/mol. The van der Waals surface area contributed by atoms with Gasteiger partial charge in [0.15, 0.2) is 0 Å². The third-order valence-corrected chi connectivity index (χ3v) is 3.04. The molecule has 0 atom stereocenters. The van der Waals surface area contributed by atoms with Gasteiger partial charge in [0.25, 0.3) is 0 Å². The van der Waals surface area contributed by atoms with Crippen LogP contribution in [0.1, 0.15) is 18.2 Å². The van der Waals surface area contributed by atoms with Crippen molar-refractivity contribution in [3.8, 4) is 0 Å². The first kappa shape index (κ1) is 14.4. The van der Waals surface area contributed by atoms with Crippen molar-refractivity contribution in [2.45, 2.75) is 20.0 Å². The average Bonchev–Trinajstić information content (AvgIpc) is 2.47. The monoisotopic (exact) mass is 274 g/mol. The third kappa shape index (κ3) is 3.51.